The van der Waals surface area contributed by atoms with Gasteiger partial charge in [-0.05, 0) is 0 Å². The molecule has 1 unspecified atom stereocenters. The van der Waals surface area contributed by atoms with Crippen molar-refractivity contribution in [3.05, 3.63) is 33.4 Å². The van der Waals surface area contributed by atoms with Crippen LogP contribution in [0.1, 0.15) is 19.4 Å². The number of rotatable bonds is 0. The van der Waals surface area contributed by atoms with Crippen molar-refractivity contribution >= 4 is 20.2 Å². The van der Waals surface area contributed by atoms with E-state index < -0.39 is 30.0 Å². The van der Waals surface area contributed by atoms with Crippen molar-refractivity contribution in [1.29, 1.82) is 0 Å². The van der Waals surface area contributed by atoms with Crippen molar-refractivity contribution in [1.82, 2.24) is 0 Å². The van der Waals surface area contributed by atoms with E-state index in [0.29, 0.717) is 9.13 Å². The van der Waals surface area contributed by atoms with Gasteiger partial charge in [0, 0.05) is 0 Å². The number of benzene rings is 1. The first-order chi connectivity index (χ1) is 6.82. The van der Waals surface area contributed by atoms with Crippen molar-refractivity contribution in [2.45, 2.75) is 23.6 Å². The third kappa shape index (κ3) is 1.87. The van der Waals surface area contributed by atoms with E-state index in [1.807, 2.05) is 0 Å². The standard InChI is InChI=1S/C10H11F3IO/c1-9(2)7-5-3-4-6-8(7)14(15-9)10(11,12)13/h3-6,14H,1-2H3. The Balaban J connectivity index is 2.52. The van der Waals surface area contributed by atoms with E-state index in [4.69, 9.17) is 3.07 Å². The van der Waals surface area contributed by atoms with E-state index in [1.165, 1.54) is 0 Å². The molecule has 1 aromatic rings. The molecule has 0 aliphatic carbocycles. The summed E-state index contributed by atoms with van der Waals surface area (Å²) in [6, 6.07) is 6.67. The summed E-state index contributed by atoms with van der Waals surface area (Å²) in [5.41, 5.74) is -0.0953. The van der Waals surface area contributed by atoms with Gasteiger partial charge in [0.2, 0.25) is 0 Å². The molecule has 1 heterocycles. The van der Waals surface area contributed by atoms with Crippen LogP contribution >= 0.6 is 20.2 Å². The Bertz CT molecular complexity index is 386. The Labute approximate surface area is 93.6 Å². The summed E-state index contributed by atoms with van der Waals surface area (Å²) in [6.45, 7) is 3.39. The second kappa shape index (κ2) is 3.35. The number of halogens is 4. The van der Waals surface area contributed by atoms with Gasteiger partial charge in [0.1, 0.15) is 0 Å². The van der Waals surface area contributed by atoms with Gasteiger partial charge in [-0.15, -0.1) is 0 Å². The normalized spacial score (nSPS) is 26.3. The van der Waals surface area contributed by atoms with Crippen molar-refractivity contribution in [3.63, 3.8) is 0 Å². The summed E-state index contributed by atoms with van der Waals surface area (Å²) >= 11 is -3.63. The maximum absolute atomic E-state index is 12.7. The summed E-state index contributed by atoms with van der Waals surface area (Å²) in [6.07, 6.45) is 0. The van der Waals surface area contributed by atoms with E-state index >= 15 is 0 Å². The summed E-state index contributed by atoms with van der Waals surface area (Å²) in [7, 11) is 0. The number of hydrogen-bond donors (Lipinski definition) is 0. The molecule has 85 valence electrons. The first-order valence-corrected chi connectivity index (χ1v) is 7.71. The van der Waals surface area contributed by atoms with Gasteiger partial charge < -0.3 is 0 Å². The van der Waals surface area contributed by atoms with Crippen LogP contribution < -0.4 is 0 Å². The zero-order valence-electron chi connectivity index (χ0n) is 8.26. The van der Waals surface area contributed by atoms with E-state index in [0.717, 1.165) is 0 Å². The van der Waals surface area contributed by atoms with Gasteiger partial charge in [0.05, 0.1) is 0 Å². The molecule has 15 heavy (non-hydrogen) atoms. The number of fused-ring (bicyclic) bond motifs is 1. The topological polar surface area (TPSA) is 9.23 Å². The molecule has 1 aliphatic heterocycles. The van der Waals surface area contributed by atoms with Crippen molar-refractivity contribution in [2.24, 2.45) is 0 Å². The van der Waals surface area contributed by atoms with Crippen LogP contribution in [0.4, 0.5) is 13.2 Å². The molecular weight excluding hydrogens is 320 g/mol. The predicted octanol–water partition coefficient (Wildman–Crippen LogP) is 3.80. The summed E-state index contributed by atoms with van der Waals surface area (Å²) in [5.74, 6) is 0. The average molecular weight is 331 g/mol. The predicted molar refractivity (Wildman–Crippen MR) is 60.7 cm³/mol. The van der Waals surface area contributed by atoms with Crippen LogP contribution in [0.25, 0.3) is 0 Å². The summed E-state index contributed by atoms with van der Waals surface area (Å²) in [5, 5.41) is 0. The minimum atomic E-state index is -4.17. The fourth-order valence-corrected chi connectivity index (χ4v) is 6.32. The number of hydrogen-bond acceptors (Lipinski definition) is 1. The van der Waals surface area contributed by atoms with Gasteiger partial charge in [-0.25, -0.2) is 0 Å². The second-order valence-electron chi connectivity index (χ2n) is 3.80. The third-order valence-corrected chi connectivity index (χ3v) is 7.26. The molecule has 0 N–H and O–H groups in total. The molecule has 5 heteroatoms. The molecule has 1 radical (unpaired) electrons. The molecule has 0 spiro atoms. The minimum absolute atomic E-state index is 0.401. The molecule has 1 aliphatic rings. The van der Waals surface area contributed by atoms with Crippen LogP contribution in [-0.2, 0) is 8.67 Å². The molecule has 0 bridgehead atoms. The summed E-state index contributed by atoms with van der Waals surface area (Å²) in [4.78, 5) is 0. The fourth-order valence-electron chi connectivity index (χ4n) is 1.60. The first-order valence-electron chi connectivity index (χ1n) is 4.42. The monoisotopic (exact) mass is 331 g/mol. The molecule has 2 rings (SSSR count). The molecule has 0 aromatic heterocycles. The Morgan fingerprint density at radius 3 is 2.40 bits per heavy atom. The van der Waals surface area contributed by atoms with Crippen LogP contribution in [0, 0.1) is 3.57 Å². The Morgan fingerprint density at radius 2 is 1.80 bits per heavy atom. The molecule has 1 aromatic carbocycles. The van der Waals surface area contributed by atoms with Crippen LogP contribution in [0.3, 0.4) is 0 Å². The molecular formula is C10H11F3IO. The van der Waals surface area contributed by atoms with Crippen molar-refractivity contribution < 1.29 is 16.2 Å². The van der Waals surface area contributed by atoms with Gasteiger partial charge in [0.25, 0.3) is 0 Å². The van der Waals surface area contributed by atoms with E-state index in [2.05, 4.69) is 0 Å². The zero-order valence-corrected chi connectivity index (χ0v) is 10.6. The van der Waals surface area contributed by atoms with E-state index in [9.17, 15) is 13.2 Å². The second-order valence-corrected chi connectivity index (χ2v) is 8.39. The quantitative estimate of drug-likeness (QED) is 0.519. The van der Waals surface area contributed by atoms with Crippen LogP contribution in [0.15, 0.2) is 24.3 Å². The zero-order chi connectivity index (χ0) is 11.3. The van der Waals surface area contributed by atoms with Crippen LogP contribution in [0.2, 0.25) is 0 Å². The molecule has 0 saturated heterocycles. The van der Waals surface area contributed by atoms with Gasteiger partial charge in [-0.2, -0.15) is 0 Å². The van der Waals surface area contributed by atoms with Crippen LogP contribution in [-0.4, -0.2) is 4.18 Å². The molecule has 1 atom stereocenters. The number of alkyl halides is 4. The van der Waals surface area contributed by atoms with Gasteiger partial charge in [-0.1, -0.05) is 0 Å². The maximum atomic E-state index is 12.7. The van der Waals surface area contributed by atoms with Gasteiger partial charge in [0.15, 0.2) is 0 Å². The fraction of sp³-hybridized carbons (Fsp3) is 0.400. The molecule has 0 fully saturated rings. The molecule has 0 saturated carbocycles. The molecule has 0 amide bonds. The van der Waals surface area contributed by atoms with E-state index in [1.54, 1.807) is 38.1 Å². The Morgan fingerprint density at radius 1 is 1.20 bits per heavy atom. The van der Waals surface area contributed by atoms with Gasteiger partial charge in [-0.3, -0.25) is 0 Å². The Kier molecular flexibility index (Phi) is 2.50. The van der Waals surface area contributed by atoms with Crippen LogP contribution in [0.5, 0.6) is 0 Å². The third-order valence-electron chi connectivity index (χ3n) is 2.24. The summed E-state index contributed by atoms with van der Waals surface area (Å²) < 4.78 is 39.7. The van der Waals surface area contributed by atoms with Gasteiger partial charge >= 0.3 is 93.5 Å². The van der Waals surface area contributed by atoms with Crippen molar-refractivity contribution in [2.75, 3.05) is 0 Å². The van der Waals surface area contributed by atoms with E-state index in [-0.39, 0.29) is 0 Å². The first kappa shape index (κ1) is 11.2. The average Bonchev–Trinajstić information content (AvgIpc) is 2.39. The molecule has 1 nitrogen and oxygen atoms in total. The SMILES string of the molecule is CC1(C)O[IH](C(F)(F)F)c2ccccc21. The van der Waals surface area contributed by atoms with Crippen molar-refractivity contribution in [3.8, 4) is 0 Å². The Hall–Kier alpha value is -0.300.